The Labute approximate surface area is 173 Å². The molecular formula is C22H26N2O4S. The SMILES string of the molecule is Cc1sc2nc([C@@H](C)OC(=O)COc3ccccc3C(C)(C)C)[nH]c(=O)c2c1C. The summed E-state index contributed by atoms with van der Waals surface area (Å²) in [6.07, 6.45) is -0.691. The van der Waals surface area contributed by atoms with Crippen LogP contribution in [0.15, 0.2) is 29.1 Å². The lowest BCUT2D eigenvalue weighted by Crippen LogP contribution is -2.21. The van der Waals surface area contributed by atoms with E-state index in [0.29, 0.717) is 21.8 Å². The molecule has 0 bridgehead atoms. The third-order valence-electron chi connectivity index (χ3n) is 4.79. The summed E-state index contributed by atoms with van der Waals surface area (Å²) in [6.45, 7) is 11.6. The molecule has 1 atom stereocenters. The molecule has 0 aliphatic carbocycles. The number of carbonyl (C=O) groups is 1. The number of para-hydroxylation sites is 1. The number of nitrogens with zero attached hydrogens (tertiary/aromatic N) is 1. The van der Waals surface area contributed by atoms with E-state index in [0.717, 1.165) is 16.0 Å². The maximum Gasteiger partial charge on any atom is 0.344 e. The molecule has 0 radical (unpaired) electrons. The number of aryl methyl sites for hydroxylation is 2. The number of ether oxygens (including phenoxy) is 2. The molecule has 0 saturated carbocycles. The third-order valence-corrected chi connectivity index (χ3v) is 5.89. The van der Waals surface area contributed by atoms with Gasteiger partial charge in [-0.2, -0.15) is 0 Å². The van der Waals surface area contributed by atoms with Gasteiger partial charge in [0.05, 0.1) is 5.39 Å². The summed E-state index contributed by atoms with van der Waals surface area (Å²) >= 11 is 1.46. The van der Waals surface area contributed by atoms with Crippen molar-refractivity contribution in [3.63, 3.8) is 0 Å². The Hall–Kier alpha value is -2.67. The predicted octanol–water partition coefficient (Wildman–Crippen LogP) is 4.58. The zero-order chi connectivity index (χ0) is 21.3. The Kier molecular flexibility index (Phi) is 5.80. The van der Waals surface area contributed by atoms with Crippen LogP contribution in [0.2, 0.25) is 0 Å². The largest absolute Gasteiger partial charge is 0.482 e. The molecule has 3 aromatic rings. The molecule has 0 aliphatic heterocycles. The zero-order valence-corrected chi connectivity index (χ0v) is 18.4. The Morgan fingerprint density at radius 2 is 1.93 bits per heavy atom. The van der Waals surface area contributed by atoms with Crippen molar-refractivity contribution < 1.29 is 14.3 Å². The quantitative estimate of drug-likeness (QED) is 0.618. The van der Waals surface area contributed by atoms with Crippen LogP contribution < -0.4 is 10.3 Å². The normalized spacial score (nSPS) is 12.8. The number of hydrogen-bond donors (Lipinski definition) is 1. The fraction of sp³-hybridized carbons (Fsp3) is 0.409. The third kappa shape index (κ3) is 4.50. The molecule has 6 nitrogen and oxygen atoms in total. The number of fused-ring (bicyclic) bond motifs is 1. The van der Waals surface area contributed by atoms with Crippen LogP contribution in [0, 0.1) is 13.8 Å². The number of aromatic amines is 1. The Bertz CT molecular complexity index is 1110. The number of nitrogens with one attached hydrogen (secondary N) is 1. The molecule has 0 fully saturated rings. The average molecular weight is 415 g/mol. The minimum absolute atomic E-state index is 0.108. The lowest BCUT2D eigenvalue weighted by atomic mass is 9.86. The monoisotopic (exact) mass is 414 g/mol. The van der Waals surface area contributed by atoms with E-state index in [1.807, 2.05) is 38.1 Å². The molecular weight excluding hydrogens is 388 g/mol. The number of aromatic nitrogens is 2. The van der Waals surface area contributed by atoms with Crippen molar-refractivity contribution in [1.29, 1.82) is 0 Å². The van der Waals surface area contributed by atoms with Crippen molar-refractivity contribution in [2.24, 2.45) is 0 Å². The van der Waals surface area contributed by atoms with Crippen molar-refractivity contribution in [2.75, 3.05) is 6.61 Å². The first-order valence-corrected chi connectivity index (χ1v) is 10.3. The number of esters is 1. The predicted molar refractivity (Wildman–Crippen MR) is 115 cm³/mol. The van der Waals surface area contributed by atoms with Crippen LogP contribution in [0.25, 0.3) is 10.2 Å². The molecule has 2 heterocycles. The maximum absolute atomic E-state index is 12.4. The summed E-state index contributed by atoms with van der Waals surface area (Å²) in [5.74, 6) is 0.455. The van der Waals surface area contributed by atoms with Gasteiger partial charge in [0, 0.05) is 4.88 Å². The van der Waals surface area contributed by atoms with Crippen LogP contribution in [0.1, 0.15) is 55.6 Å². The highest BCUT2D eigenvalue weighted by atomic mass is 32.1. The van der Waals surface area contributed by atoms with Crippen LogP contribution in [0.3, 0.4) is 0 Å². The van der Waals surface area contributed by atoms with Gasteiger partial charge in [-0.25, -0.2) is 9.78 Å². The molecule has 1 N–H and O–H groups in total. The second-order valence-electron chi connectivity index (χ2n) is 8.08. The van der Waals surface area contributed by atoms with Gasteiger partial charge in [-0.15, -0.1) is 11.3 Å². The van der Waals surface area contributed by atoms with Gasteiger partial charge in [0.2, 0.25) is 0 Å². The smallest absolute Gasteiger partial charge is 0.344 e. The molecule has 0 aliphatic rings. The summed E-state index contributed by atoms with van der Waals surface area (Å²) < 4.78 is 11.1. The number of hydrogen-bond acceptors (Lipinski definition) is 6. The minimum atomic E-state index is -0.691. The van der Waals surface area contributed by atoms with E-state index in [9.17, 15) is 9.59 Å². The van der Waals surface area contributed by atoms with Crippen molar-refractivity contribution in [2.45, 2.75) is 53.1 Å². The second kappa shape index (κ2) is 7.99. The maximum atomic E-state index is 12.4. The lowest BCUT2D eigenvalue weighted by molar-refractivity contribution is -0.151. The van der Waals surface area contributed by atoms with Crippen molar-refractivity contribution in [3.8, 4) is 5.75 Å². The summed E-state index contributed by atoms with van der Waals surface area (Å²) in [5, 5.41) is 0.594. The summed E-state index contributed by atoms with van der Waals surface area (Å²) in [5.41, 5.74) is 1.62. The number of carbonyl (C=O) groups excluding carboxylic acids is 1. The highest BCUT2D eigenvalue weighted by Gasteiger charge is 2.21. The average Bonchev–Trinajstić information content (AvgIpc) is 2.93. The van der Waals surface area contributed by atoms with E-state index in [4.69, 9.17) is 9.47 Å². The van der Waals surface area contributed by atoms with Crippen LogP contribution in [-0.4, -0.2) is 22.5 Å². The second-order valence-corrected chi connectivity index (χ2v) is 9.28. The molecule has 0 unspecified atom stereocenters. The van der Waals surface area contributed by atoms with Gasteiger partial charge in [-0.1, -0.05) is 39.0 Å². The lowest BCUT2D eigenvalue weighted by Gasteiger charge is -2.22. The van der Waals surface area contributed by atoms with E-state index in [1.54, 1.807) is 6.92 Å². The number of benzene rings is 1. The van der Waals surface area contributed by atoms with Crippen LogP contribution in [-0.2, 0) is 14.9 Å². The molecule has 7 heteroatoms. The van der Waals surface area contributed by atoms with E-state index in [1.165, 1.54) is 11.3 Å². The molecule has 0 spiro atoms. The van der Waals surface area contributed by atoms with Crippen molar-refractivity contribution >= 4 is 27.5 Å². The first-order chi connectivity index (χ1) is 13.6. The number of H-pyrrole nitrogens is 1. The van der Waals surface area contributed by atoms with E-state index < -0.39 is 12.1 Å². The molecule has 29 heavy (non-hydrogen) atoms. The van der Waals surface area contributed by atoms with Gasteiger partial charge < -0.3 is 14.5 Å². The number of rotatable bonds is 5. The van der Waals surface area contributed by atoms with Crippen LogP contribution in [0.5, 0.6) is 5.75 Å². The molecule has 3 rings (SSSR count). The van der Waals surface area contributed by atoms with Crippen LogP contribution >= 0.6 is 11.3 Å². The van der Waals surface area contributed by atoms with E-state index in [2.05, 4.69) is 30.7 Å². The highest BCUT2D eigenvalue weighted by molar-refractivity contribution is 7.18. The first kappa shape index (κ1) is 21.0. The van der Waals surface area contributed by atoms with E-state index in [-0.39, 0.29) is 17.6 Å². The Balaban J connectivity index is 1.71. The van der Waals surface area contributed by atoms with Gasteiger partial charge in [0.15, 0.2) is 18.5 Å². The topological polar surface area (TPSA) is 81.3 Å². The minimum Gasteiger partial charge on any atom is -0.482 e. The Morgan fingerprint density at radius 1 is 1.24 bits per heavy atom. The molecule has 2 aromatic heterocycles. The summed E-state index contributed by atoms with van der Waals surface area (Å²) in [6, 6.07) is 7.64. The molecule has 1 aromatic carbocycles. The fourth-order valence-corrected chi connectivity index (χ4v) is 4.14. The molecule has 0 saturated heterocycles. The first-order valence-electron chi connectivity index (χ1n) is 9.49. The summed E-state index contributed by atoms with van der Waals surface area (Å²) in [7, 11) is 0. The fourth-order valence-electron chi connectivity index (χ4n) is 3.10. The Morgan fingerprint density at radius 3 is 2.62 bits per heavy atom. The van der Waals surface area contributed by atoms with Crippen molar-refractivity contribution in [1.82, 2.24) is 9.97 Å². The molecule has 0 amide bonds. The highest BCUT2D eigenvalue weighted by Crippen LogP contribution is 2.31. The molecule has 154 valence electrons. The van der Waals surface area contributed by atoms with Gasteiger partial charge in [-0.3, -0.25) is 4.79 Å². The van der Waals surface area contributed by atoms with Crippen LogP contribution in [0.4, 0.5) is 0 Å². The van der Waals surface area contributed by atoms with Crippen molar-refractivity contribution in [3.05, 3.63) is 56.4 Å². The van der Waals surface area contributed by atoms with Gasteiger partial charge >= 0.3 is 5.97 Å². The zero-order valence-electron chi connectivity index (χ0n) is 17.6. The number of thiophene rings is 1. The van der Waals surface area contributed by atoms with Gasteiger partial charge in [0.1, 0.15) is 10.6 Å². The van der Waals surface area contributed by atoms with Gasteiger partial charge in [0.25, 0.3) is 5.56 Å². The standard InChI is InChI=1S/C22H26N2O4S/c1-12-14(3)29-21-18(12)20(26)23-19(24-21)13(2)28-17(25)11-27-16-10-8-7-9-15(16)22(4,5)6/h7-10,13H,11H2,1-6H3,(H,23,24,26)/t13-/m1/s1. The van der Waals surface area contributed by atoms with E-state index >= 15 is 0 Å². The van der Waals surface area contributed by atoms with Gasteiger partial charge in [-0.05, 0) is 43.4 Å². The summed E-state index contributed by atoms with van der Waals surface area (Å²) in [4.78, 5) is 33.6.